The van der Waals surface area contributed by atoms with Gasteiger partial charge in [-0.05, 0) is 6.42 Å². The first kappa shape index (κ1) is 13.3. The molecule has 4 nitrogen and oxygen atoms in total. The van der Waals surface area contributed by atoms with Crippen LogP contribution in [0.1, 0.15) is 12.8 Å². The van der Waals surface area contributed by atoms with E-state index in [4.69, 9.17) is 10.8 Å². The van der Waals surface area contributed by atoms with Gasteiger partial charge in [-0.1, -0.05) is 0 Å². The van der Waals surface area contributed by atoms with Gasteiger partial charge in [-0.3, -0.25) is 4.79 Å². The van der Waals surface area contributed by atoms with Gasteiger partial charge in [0, 0.05) is 26.1 Å². The number of carbonyl (C=O) groups excluding carboxylic acids is 1. The normalized spacial score (nSPS) is 8.55. The van der Waals surface area contributed by atoms with Crippen LogP contribution in [0.3, 0.4) is 0 Å². The van der Waals surface area contributed by atoms with Crippen LogP contribution in [0.4, 0.5) is 0 Å². The van der Waals surface area contributed by atoms with Crippen molar-refractivity contribution in [1.29, 1.82) is 0 Å². The van der Waals surface area contributed by atoms with E-state index in [0.29, 0.717) is 25.9 Å². The molecule has 0 aliphatic rings. The van der Waals surface area contributed by atoms with Gasteiger partial charge < -0.3 is 16.2 Å². The predicted octanol–water partition coefficient (Wildman–Crippen LogP) is -0.744. The Hall–Kier alpha value is -0.320. The predicted molar refractivity (Wildman–Crippen MR) is 45.6 cm³/mol. The van der Waals surface area contributed by atoms with Crippen LogP contribution >= 0.6 is 12.4 Å². The molecule has 0 heterocycles. The van der Waals surface area contributed by atoms with E-state index in [1.54, 1.807) is 0 Å². The summed E-state index contributed by atoms with van der Waals surface area (Å²) in [6.07, 6.45) is 0.974. The first-order valence-electron chi connectivity index (χ1n) is 3.39. The van der Waals surface area contributed by atoms with Crippen molar-refractivity contribution in [3.63, 3.8) is 0 Å². The Bertz CT molecular complexity index is 101. The van der Waals surface area contributed by atoms with Crippen LogP contribution in [0, 0.1) is 0 Å². The lowest BCUT2D eigenvalue weighted by Gasteiger charge is -2.00. The number of aliphatic hydroxyl groups excluding tert-OH is 1. The number of amides is 1. The van der Waals surface area contributed by atoms with Crippen molar-refractivity contribution in [2.24, 2.45) is 5.73 Å². The Labute approximate surface area is 72.6 Å². The van der Waals surface area contributed by atoms with E-state index in [0.717, 1.165) is 0 Å². The van der Waals surface area contributed by atoms with Crippen molar-refractivity contribution < 1.29 is 9.90 Å². The minimum Gasteiger partial charge on any atom is -0.396 e. The van der Waals surface area contributed by atoms with Crippen LogP contribution < -0.4 is 11.1 Å². The van der Waals surface area contributed by atoms with Gasteiger partial charge in [0.25, 0.3) is 0 Å². The zero-order chi connectivity index (χ0) is 7.82. The maximum atomic E-state index is 10.6. The third kappa shape index (κ3) is 9.68. The van der Waals surface area contributed by atoms with Gasteiger partial charge in [0.1, 0.15) is 0 Å². The van der Waals surface area contributed by atoms with Crippen molar-refractivity contribution in [2.45, 2.75) is 12.8 Å². The van der Waals surface area contributed by atoms with Crippen LogP contribution in [0.2, 0.25) is 0 Å². The number of nitrogens with two attached hydrogens (primary N) is 1. The van der Waals surface area contributed by atoms with Gasteiger partial charge >= 0.3 is 0 Å². The summed E-state index contributed by atoms with van der Waals surface area (Å²) in [6, 6.07) is 0. The standard InChI is InChI=1S/C6H14N2O2.ClH/c7-3-2-6(10)8-4-1-5-9;/h9H,1-5,7H2,(H,8,10);1H. The smallest absolute Gasteiger partial charge is 0.221 e. The maximum Gasteiger partial charge on any atom is 0.221 e. The quantitative estimate of drug-likeness (QED) is 0.490. The highest BCUT2D eigenvalue weighted by Crippen LogP contribution is 1.76. The molecule has 11 heavy (non-hydrogen) atoms. The summed E-state index contributed by atoms with van der Waals surface area (Å²) < 4.78 is 0. The zero-order valence-electron chi connectivity index (χ0n) is 6.38. The van der Waals surface area contributed by atoms with E-state index in [-0.39, 0.29) is 24.9 Å². The van der Waals surface area contributed by atoms with Crippen LogP contribution in [-0.4, -0.2) is 30.7 Å². The lowest BCUT2D eigenvalue weighted by atomic mass is 10.4. The SMILES string of the molecule is Cl.NCCC(=O)NCCCO. The summed E-state index contributed by atoms with van der Waals surface area (Å²) in [5, 5.41) is 10.9. The number of aliphatic hydroxyl groups is 1. The van der Waals surface area contributed by atoms with E-state index in [1.165, 1.54) is 0 Å². The van der Waals surface area contributed by atoms with Crippen LogP contribution in [0.5, 0.6) is 0 Å². The molecule has 5 heteroatoms. The maximum absolute atomic E-state index is 10.6. The largest absolute Gasteiger partial charge is 0.396 e. The molecule has 0 aliphatic heterocycles. The lowest BCUT2D eigenvalue weighted by Crippen LogP contribution is -2.26. The zero-order valence-corrected chi connectivity index (χ0v) is 7.19. The summed E-state index contributed by atoms with van der Waals surface area (Å²) in [7, 11) is 0. The van der Waals surface area contributed by atoms with Crippen LogP contribution in [0.15, 0.2) is 0 Å². The van der Waals surface area contributed by atoms with Crippen molar-refractivity contribution >= 4 is 18.3 Å². The molecule has 0 rings (SSSR count). The molecule has 1 amide bonds. The summed E-state index contributed by atoms with van der Waals surface area (Å²) in [5.74, 6) is -0.0454. The fourth-order valence-electron chi connectivity index (χ4n) is 0.526. The van der Waals surface area contributed by atoms with E-state index in [9.17, 15) is 4.79 Å². The average molecular weight is 183 g/mol. The molecule has 0 atom stereocenters. The highest BCUT2D eigenvalue weighted by atomic mass is 35.5. The van der Waals surface area contributed by atoms with Gasteiger partial charge in [-0.2, -0.15) is 0 Å². The van der Waals surface area contributed by atoms with E-state index < -0.39 is 0 Å². The fraction of sp³-hybridized carbons (Fsp3) is 0.833. The highest BCUT2D eigenvalue weighted by molar-refractivity contribution is 5.85. The molecule has 4 N–H and O–H groups in total. The number of hydrogen-bond donors (Lipinski definition) is 3. The average Bonchev–Trinajstić information content (AvgIpc) is 1.89. The Morgan fingerprint density at radius 3 is 2.64 bits per heavy atom. The molecule has 68 valence electrons. The van der Waals surface area contributed by atoms with Gasteiger partial charge in [-0.15, -0.1) is 12.4 Å². The molecule has 0 fully saturated rings. The number of carbonyl (C=O) groups is 1. The summed E-state index contributed by atoms with van der Waals surface area (Å²) in [4.78, 5) is 10.6. The summed E-state index contributed by atoms with van der Waals surface area (Å²) in [6.45, 7) is 1.03. The molecule has 0 radical (unpaired) electrons. The van der Waals surface area contributed by atoms with Crippen molar-refractivity contribution in [3.8, 4) is 0 Å². The number of nitrogens with one attached hydrogen (secondary N) is 1. The fourth-order valence-corrected chi connectivity index (χ4v) is 0.526. The molecule has 0 aliphatic carbocycles. The Balaban J connectivity index is 0. The summed E-state index contributed by atoms with van der Waals surface area (Å²) in [5.41, 5.74) is 5.12. The van der Waals surface area contributed by atoms with Crippen LogP contribution in [0.25, 0.3) is 0 Å². The second-order valence-corrected chi connectivity index (χ2v) is 1.97. The van der Waals surface area contributed by atoms with E-state index in [1.807, 2.05) is 0 Å². The first-order chi connectivity index (χ1) is 4.81. The molecule has 0 aromatic carbocycles. The van der Waals surface area contributed by atoms with Crippen molar-refractivity contribution in [1.82, 2.24) is 5.32 Å². The molecule has 0 spiro atoms. The van der Waals surface area contributed by atoms with E-state index >= 15 is 0 Å². The molecule has 0 saturated carbocycles. The third-order valence-corrected chi connectivity index (χ3v) is 1.03. The molecule has 0 saturated heterocycles. The van der Waals surface area contributed by atoms with Gasteiger partial charge in [0.2, 0.25) is 5.91 Å². The minimum absolute atomic E-state index is 0. The van der Waals surface area contributed by atoms with E-state index in [2.05, 4.69) is 5.32 Å². The second kappa shape index (κ2) is 9.68. The monoisotopic (exact) mass is 182 g/mol. The third-order valence-electron chi connectivity index (χ3n) is 1.03. The number of halogens is 1. The highest BCUT2D eigenvalue weighted by Gasteiger charge is 1.95. The topological polar surface area (TPSA) is 75.4 Å². The molecule has 0 bridgehead atoms. The molecular weight excluding hydrogens is 168 g/mol. The molecule has 0 aromatic rings. The van der Waals surface area contributed by atoms with Gasteiger partial charge in [0.05, 0.1) is 0 Å². The Kier molecular flexibility index (Phi) is 11.7. The number of rotatable bonds is 5. The van der Waals surface area contributed by atoms with Crippen molar-refractivity contribution in [2.75, 3.05) is 19.7 Å². The first-order valence-corrected chi connectivity index (χ1v) is 3.39. The minimum atomic E-state index is -0.0454. The molecular formula is C6H15ClN2O2. The van der Waals surface area contributed by atoms with Crippen LogP contribution in [-0.2, 0) is 4.79 Å². The van der Waals surface area contributed by atoms with Crippen molar-refractivity contribution in [3.05, 3.63) is 0 Å². The van der Waals surface area contributed by atoms with Gasteiger partial charge in [0.15, 0.2) is 0 Å². The summed E-state index contributed by atoms with van der Waals surface area (Å²) >= 11 is 0. The Morgan fingerprint density at radius 2 is 2.18 bits per heavy atom. The lowest BCUT2D eigenvalue weighted by molar-refractivity contribution is -0.120. The second-order valence-electron chi connectivity index (χ2n) is 1.97. The molecule has 0 aromatic heterocycles. The number of hydrogen-bond acceptors (Lipinski definition) is 3. The molecule has 0 unspecified atom stereocenters. The van der Waals surface area contributed by atoms with Gasteiger partial charge in [-0.25, -0.2) is 0 Å². The Morgan fingerprint density at radius 1 is 1.55 bits per heavy atom.